The van der Waals surface area contributed by atoms with Crippen molar-refractivity contribution in [2.75, 3.05) is 10.2 Å². The number of benzene rings is 2. The van der Waals surface area contributed by atoms with Gasteiger partial charge in [0.15, 0.2) is 5.82 Å². The summed E-state index contributed by atoms with van der Waals surface area (Å²) in [4.78, 5) is 14.5. The predicted octanol–water partition coefficient (Wildman–Crippen LogP) is 4.08. The lowest BCUT2D eigenvalue weighted by atomic mass is 10.00. The van der Waals surface area contributed by atoms with E-state index in [2.05, 4.69) is 43.9 Å². The van der Waals surface area contributed by atoms with Gasteiger partial charge in [0.2, 0.25) is 0 Å². The lowest BCUT2D eigenvalue weighted by Gasteiger charge is -2.38. The fraction of sp³-hybridized carbons (Fsp3) is 0.364. The van der Waals surface area contributed by atoms with Crippen LogP contribution in [-0.4, -0.2) is 37.9 Å². The summed E-state index contributed by atoms with van der Waals surface area (Å²) in [5.41, 5.74) is 3.36. The van der Waals surface area contributed by atoms with E-state index in [1.807, 2.05) is 55.8 Å². The second kappa shape index (κ2) is 6.83. The number of hydrogen-bond donors (Lipinski definition) is 1. The molecule has 1 aliphatic heterocycles. The van der Waals surface area contributed by atoms with Crippen LogP contribution in [0.1, 0.15) is 51.0 Å². The highest BCUT2D eigenvalue weighted by molar-refractivity contribution is 5.84. The number of para-hydroxylation sites is 2. The van der Waals surface area contributed by atoms with Gasteiger partial charge in [-0.2, -0.15) is 4.68 Å². The lowest BCUT2D eigenvalue weighted by Crippen LogP contribution is -2.37. The van der Waals surface area contributed by atoms with E-state index in [1.165, 1.54) is 0 Å². The van der Waals surface area contributed by atoms with Gasteiger partial charge in [-0.25, -0.2) is 4.79 Å². The summed E-state index contributed by atoms with van der Waals surface area (Å²) in [5.74, 6) is 0.799. The van der Waals surface area contributed by atoms with Gasteiger partial charge in [-0.15, -0.1) is 5.10 Å². The zero-order valence-electron chi connectivity index (χ0n) is 17.2. The van der Waals surface area contributed by atoms with E-state index >= 15 is 0 Å². The van der Waals surface area contributed by atoms with Gasteiger partial charge in [0.25, 0.3) is 0 Å². The molecule has 0 saturated heterocycles. The van der Waals surface area contributed by atoms with Crippen molar-refractivity contribution in [2.24, 2.45) is 0 Å². The van der Waals surface area contributed by atoms with Crippen LogP contribution in [0.15, 0.2) is 48.5 Å². The number of carbonyl (C=O) groups is 1. The Bertz CT molecular complexity index is 1080. The first-order valence-corrected chi connectivity index (χ1v) is 10.2. The third kappa shape index (κ3) is 3.38. The highest BCUT2D eigenvalue weighted by atomic mass is 16.6. The van der Waals surface area contributed by atoms with Crippen LogP contribution < -0.4 is 10.2 Å². The Morgan fingerprint density at radius 3 is 2.43 bits per heavy atom. The Morgan fingerprint density at radius 2 is 1.77 bits per heavy atom. The predicted molar refractivity (Wildman–Crippen MR) is 113 cm³/mol. The minimum Gasteiger partial charge on any atom is -0.444 e. The average molecular weight is 404 g/mol. The molecular formula is C22H24N6O2. The maximum atomic E-state index is 12.1. The molecule has 8 heteroatoms. The number of carbonyl (C=O) groups excluding carboxylic acids is 1. The van der Waals surface area contributed by atoms with E-state index in [9.17, 15) is 4.79 Å². The maximum Gasteiger partial charge on any atom is 0.412 e. The van der Waals surface area contributed by atoms with E-state index in [0.717, 1.165) is 35.6 Å². The number of amides is 1. The van der Waals surface area contributed by atoms with Gasteiger partial charge in [-0.1, -0.05) is 24.3 Å². The summed E-state index contributed by atoms with van der Waals surface area (Å²) >= 11 is 0. The Labute approximate surface area is 174 Å². The topological polar surface area (TPSA) is 85.2 Å². The standard InChI is InChI=1S/C22H24N6O2/c1-22(2,3)30-21(29)23-15-10-8-14(9-11-15)19-20-24-25-26-28(20)18-7-5-4-6-17(18)27(19)16-12-13-16/h4-11,16,19H,12-13H2,1-3H3,(H,23,29). The van der Waals surface area contributed by atoms with E-state index in [0.29, 0.717) is 11.7 Å². The van der Waals surface area contributed by atoms with Gasteiger partial charge < -0.3 is 9.64 Å². The van der Waals surface area contributed by atoms with Crippen molar-refractivity contribution in [3.63, 3.8) is 0 Å². The van der Waals surface area contributed by atoms with Crippen LogP contribution >= 0.6 is 0 Å². The third-order valence-electron chi connectivity index (χ3n) is 5.22. The monoisotopic (exact) mass is 404 g/mol. The maximum absolute atomic E-state index is 12.1. The molecule has 3 aromatic rings. The molecule has 1 unspecified atom stereocenters. The number of aromatic nitrogens is 4. The number of nitrogens with one attached hydrogen (secondary N) is 1. The molecule has 1 atom stereocenters. The summed E-state index contributed by atoms with van der Waals surface area (Å²) < 4.78 is 7.16. The fourth-order valence-electron chi connectivity index (χ4n) is 3.90. The van der Waals surface area contributed by atoms with Gasteiger partial charge >= 0.3 is 6.09 Å². The molecule has 1 aliphatic carbocycles. The quantitative estimate of drug-likeness (QED) is 0.708. The van der Waals surface area contributed by atoms with Crippen LogP contribution in [0.25, 0.3) is 5.69 Å². The molecular weight excluding hydrogens is 380 g/mol. The van der Waals surface area contributed by atoms with Gasteiger partial charge in [-0.05, 0) is 73.9 Å². The van der Waals surface area contributed by atoms with Crippen molar-refractivity contribution in [3.05, 3.63) is 59.9 Å². The second-order valence-corrected chi connectivity index (χ2v) is 8.73. The van der Waals surface area contributed by atoms with Crippen LogP contribution in [0, 0.1) is 0 Å². The number of tetrazole rings is 1. The van der Waals surface area contributed by atoms with Gasteiger partial charge in [-0.3, -0.25) is 5.32 Å². The van der Waals surface area contributed by atoms with E-state index in [-0.39, 0.29) is 6.04 Å². The molecule has 5 rings (SSSR count). The van der Waals surface area contributed by atoms with E-state index < -0.39 is 11.7 Å². The van der Waals surface area contributed by atoms with Crippen LogP contribution in [-0.2, 0) is 4.74 Å². The van der Waals surface area contributed by atoms with Crippen molar-refractivity contribution in [3.8, 4) is 5.69 Å². The minimum absolute atomic E-state index is 0.0852. The highest BCUT2D eigenvalue weighted by Crippen LogP contribution is 2.46. The Morgan fingerprint density at radius 1 is 1.07 bits per heavy atom. The molecule has 0 spiro atoms. The summed E-state index contributed by atoms with van der Waals surface area (Å²) in [5, 5.41) is 15.3. The largest absolute Gasteiger partial charge is 0.444 e. The van der Waals surface area contributed by atoms with Gasteiger partial charge in [0.1, 0.15) is 11.6 Å². The third-order valence-corrected chi connectivity index (χ3v) is 5.22. The number of hydrogen-bond acceptors (Lipinski definition) is 6. The first-order valence-electron chi connectivity index (χ1n) is 10.2. The Hall–Kier alpha value is -3.42. The summed E-state index contributed by atoms with van der Waals surface area (Å²) in [7, 11) is 0. The van der Waals surface area contributed by atoms with Gasteiger partial charge in [0.05, 0.1) is 11.4 Å². The zero-order chi connectivity index (χ0) is 20.9. The minimum atomic E-state index is -0.540. The number of ether oxygens (including phenoxy) is 1. The Kier molecular flexibility index (Phi) is 4.23. The molecule has 0 radical (unpaired) electrons. The lowest BCUT2D eigenvalue weighted by molar-refractivity contribution is 0.0636. The SMILES string of the molecule is CC(C)(C)OC(=O)Nc1ccc(C2c3nnnn3-c3ccccc3N2C2CC2)cc1. The molecule has 1 fully saturated rings. The average Bonchev–Trinajstić information content (AvgIpc) is 3.41. The highest BCUT2D eigenvalue weighted by Gasteiger charge is 2.42. The van der Waals surface area contributed by atoms with E-state index in [1.54, 1.807) is 0 Å². The molecule has 1 aromatic heterocycles. The molecule has 2 heterocycles. The normalized spacial score (nSPS) is 17.8. The molecule has 1 saturated carbocycles. The second-order valence-electron chi connectivity index (χ2n) is 8.73. The molecule has 0 bridgehead atoms. The molecule has 1 N–H and O–H groups in total. The molecule has 2 aromatic carbocycles. The number of fused-ring (bicyclic) bond motifs is 3. The first kappa shape index (κ1) is 18.6. The molecule has 154 valence electrons. The van der Waals surface area contributed by atoms with Crippen molar-refractivity contribution in [1.29, 1.82) is 0 Å². The Balaban J connectivity index is 1.47. The number of rotatable bonds is 3. The summed E-state index contributed by atoms with van der Waals surface area (Å²) in [6.07, 6.45) is 1.85. The van der Waals surface area contributed by atoms with Crippen molar-refractivity contribution in [1.82, 2.24) is 20.2 Å². The zero-order valence-corrected chi connectivity index (χ0v) is 17.2. The summed E-state index contributed by atoms with van der Waals surface area (Å²) in [6, 6.07) is 16.4. The summed E-state index contributed by atoms with van der Waals surface area (Å²) in [6.45, 7) is 5.52. The molecule has 8 nitrogen and oxygen atoms in total. The van der Waals surface area contributed by atoms with Crippen molar-refractivity contribution < 1.29 is 9.53 Å². The fourth-order valence-corrected chi connectivity index (χ4v) is 3.90. The number of nitrogens with zero attached hydrogens (tertiary/aromatic N) is 5. The van der Waals surface area contributed by atoms with Crippen molar-refractivity contribution in [2.45, 2.75) is 51.3 Å². The van der Waals surface area contributed by atoms with Gasteiger partial charge in [0, 0.05) is 11.7 Å². The van der Waals surface area contributed by atoms with Crippen LogP contribution in [0.3, 0.4) is 0 Å². The van der Waals surface area contributed by atoms with Crippen molar-refractivity contribution >= 4 is 17.5 Å². The van der Waals surface area contributed by atoms with Crippen LogP contribution in [0.2, 0.25) is 0 Å². The molecule has 30 heavy (non-hydrogen) atoms. The molecule has 2 aliphatic rings. The van der Waals surface area contributed by atoms with E-state index in [4.69, 9.17) is 4.74 Å². The van der Waals surface area contributed by atoms with Crippen LogP contribution in [0.4, 0.5) is 16.2 Å². The molecule has 1 amide bonds. The number of anilines is 2. The smallest absolute Gasteiger partial charge is 0.412 e. The first-order chi connectivity index (χ1) is 14.4. The van der Waals surface area contributed by atoms with Crippen LogP contribution in [0.5, 0.6) is 0 Å².